The fraction of sp³-hybridized carbons (Fsp3) is 0.143. The molecule has 0 fully saturated rings. The highest BCUT2D eigenvalue weighted by Crippen LogP contribution is 2.21. The molecule has 0 radical (unpaired) electrons. The summed E-state index contributed by atoms with van der Waals surface area (Å²) in [7, 11) is -3.42. The van der Waals surface area contributed by atoms with E-state index in [-0.39, 0.29) is 0 Å². The van der Waals surface area contributed by atoms with Crippen molar-refractivity contribution in [3.05, 3.63) is 59.7 Å². The Morgan fingerprint density at radius 2 is 1.33 bits per heavy atom. The van der Waals surface area contributed by atoms with Crippen LogP contribution in [-0.2, 0) is 15.7 Å². The summed E-state index contributed by atoms with van der Waals surface area (Å²) in [6.45, 7) is 1.92. The van der Waals surface area contributed by atoms with Gasteiger partial charge in [0.05, 0.1) is 9.79 Å². The van der Waals surface area contributed by atoms with Gasteiger partial charge < -0.3 is 0 Å². The molecule has 0 amide bonds. The first kappa shape index (κ1) is 13.1. The van der Waals surface area contributed by atoms with Crippen LogP contribution in [0.25, 0.3) is 0 Å². The fourth-order valence-corrected chi connectivity index (χ4v) is 3.05. The van der Waals surface area contributed by atoms with E-state index in [0.717, 1.165) is 11.1 Å². The first-order chi connectivity index (χ1) is 8.54. The zero-order valence-corrected chi connectivity index (χ0v) is 11.5. The Morgan fingerprint density at radius 3 is 1.78 bits per heavy atom. The van der Waals surface area contributed by atoms with Gasteiger partial charge in [0, 0.05) is 5.88 Å². The van der Waals surface area contributed by atoms with Gasteiger partial charge in [-0.15, -0.1) is 11.6 Å². The van der Waals surface area contributed by atoms with Gasteiger partial charge in [0.2, 0.25) is 9.84 Å². The van der Waals surface area contributed by atoms with E-state index in [0.29, 0.717) is 15.7 Å². The zero-order valence-electron chi connectivity index (χ0n) is 9.93. The van der Waals surface area contributed by atoms with Crippen molar-refractivity contribution in [2.75, 3.05) is 0 Å². The monoisotopic (exact) mass is 280 g/mol. The lowest BCUT2D eigenvalue weighted by molar-refractivity contribution is 0.596. The molecule has 2 aromatic rings. The molecule has 0 atom stereocenters. The van der Waals surface area contributed by atoms with Gasteiger partial charge in [0.1, 0.15) is 0 Å². The molecule has 0 aliphatic heterocycles. The molecule has 0 spiro atoms. The normalized spacial score (nSPS) is 11.4. The predicted octanol–water partition coefficient (Wildman–Crippen LogP) is 3.57. The summed E-state index contributed by atoms with van der Waals surface area (Å²) in [5.74, 6) is 0.380. The van der Waals surface area contributed by atoms with Gasteiger partial charge in [0.25, 0.3) is 0 Å². The van der Waals surface area contributed by atoms with Crippen molar-refractivity contribution in [1.29, 1.82) is 0 Å². The Hall–Kier alpha value is -1.32. The van der Waals surface area contributed by atoms with Crippen molar-refractivity contribution in [3.8, 4) is 0 Å². The number of halogens is 1. The molecule has 2 aromatic carbocycles. The zero-order chi connectivity index (χ0) is 13.2. The van der Waals surface area contributed by atoms with Crippen LogP contribution in [0.2, 0.25) is 0 Å². The van der Waals surface area contributed by atoms with Crippen LogP contribution in [0, 0.1) is 6.92 Å². The number of aryl methyl sites for hydroxylation is 1. The third kappa shape index (κ3) is 2.57. The second-order valence-corrected chi connectivity index (χ2v) is 6.31. The molecular weight excluding hydrogens is 268 g/mol. The van der Waals surface area contributed by atoms with Crippen LogP contribution in [0.5, 0.6) is 0 Å². The molecule has 2 nitrogen and oxygen atoms in total. The highest BCUT2D eigenvalue weighted by atomic mass is 35.5. The Labute approximate surface area is 112 Å². The first-order valence-corrected chi connectivity index (χ1v) is 7.52. The van der Waals surface area contributed by atoms with Crippen LogP contribution in [0.1, 0.15) is 11.1 Å². The summed E-state index contributed by atoms with van der Waals surface area (Å²) in [5.41, 5.74) is 1.94. The molecule has 4 heteroatoms. The summed E-state index contributed by atoms with van der Waals surface area (Å²) >= 11 is 5.68. The van der Waals surface area contributed by atoms with Gasteiger partial charge in [-0.05, 0) is 36.8 Å². The number of hydrogen-bond donors (Lipinski definition) is 0. The second-order valence-electron chi connectivity index (χ2n) is 4.09. The average molecular weight is 281 g/mol. The van der Waals surface area contributed by atoms with Crippen LogP contribution in [-0.4, -0.2) is 8.42 Å². The largest absolute Gasteiger partial charge is 0.219 e. The minimum absolute atomic E-state index is 0.292. The van der Waals surface area contributed by atoms with Gasteiger partial charge in [0.15, 0.2) is 0 Å². The Morgan fingerprint density at radius 1 is 0.889 bits per heavy atom. The molecule has 94 valence electrons. The number of benzene rings is 2. The van der Waals surface area contributed by atoms with Crippen molar-refractivity contribution in [2.45, 2.75) is 22.6 Å². The molecule has 0 unspecified atom stereocenters. The molecule has 18 heavy (non-hydrogen) atoms. The number of rotatable bonds is 3. The lowest BCUT2D eigenvalue weighted by Crippen LogP contribution is -2.01. The van der Waals surface area contributed by atoms with Gasteiger partial charge in [-0.1, -0.05) is 29.8 Å². The molecule has 0 aliphatic carbocycles. The van der Waals surface area contributed by atoms with Crippen molar-refractivity contribution in [2.24, 2.45) is 0 Å². The summed E-state index contributed by atoms with van der Waals surface area (Å²) in [4.78, 5) is 0.604. The topological polar surface area (TPSA) is 34.1 Å². The number of alkyl halides is 1. The van der Waals surface area contributed by atoms with E-state index in [2.05, 4.69) is 0 Å². The lowest BCUT2D eigenvalue weighted by atomic mass is 10.2. The third-order valence-electron chi connectivity index (χ3n) is 2.72. The van der Waals surface area contributed by atoms with Gasteiger partial charge >= 0.3 is 0 Å². The van der Waals surface area contributed by atoms with E-state index in [1.807, 2.05) is 6.92 Å². The van der Waals surface area contributed by atoms with Gasteiger partial charge in [-0.25, -0.2) is 8.42 Å². The lowest BCUT2D eigenvalue weighted by Gasteiger charge is -2.05. The van der Waals surface area contributed by atoms with E-state index in [9.17, 15) is 8.42 Å². The predicted molar refractivity (Wildman–Crippen MR) is 72.6 cm³/mol. The minimum Gasteiger partial charge on any atom is -0.219 e. The molecule has 0 heterocycles. The van der Waals surface area contributed by atoms with Crippen molar-refractivity contribution < 1.29 is 8.42 Å². The Kier molecular flexibility index (Phi) is 3.73. The first-order valence-electron chi connectivity index (χ1n) is 5.51. The smallest absolute Gasteiger partial charge is 0.206 e. The van der Waals surface area contributed by atoms with Crippen molar-refractivity contribution in [3.63, 3.8) is 0 Å². The highest BCUT2D eigenvalue weighted by Gasteiger charge is 2.16. The van der Waals surface area contributed by atoms with E-state index < -0.39 is 9.84 Å². The average Bonchev–Trinajstić information content (AvgIpc) is 2.39. The third-order valence-corrected chi connectivity index (χ3v) is 4.81. The maximum atomic E-state index is 12.3. The molecule has 0 saturated heterocycles. The Bertz CT molecular complexity index is 628. The molecule has 2 rings (SSSR count). The summed E-state index contributed by atoms with van der Waals surface area (Å²) < 4.78 is 24.6. The molecule has 0 N–H and O–H groups in total. The van der Waals surface area contributed by atoms with Crippen LogP contribution >= 0.6 is 11.6 Å². The molecular formula is C14H13ClO2S. The molecule has 0 aromatic heterocycles. The van der Waals surface area contributed by atoms with E-state index in [4.69, 9.17) is 11.6 Å². The van der Waals surface area contributed by atoms with E-state index >= 15 is 0 Å². The van der Waals surface area contributed by atoms with Crippen molar-refractivity contribution in [1.82, 2.24) is 0 Å². The summed E-state index contributed by atoms with van der Waals surface area (Å²) in [6, 6.07) is 13.5. The fourth-order valence-electron chi connectivity index (χ4n) is 1.61. The Balaban J connectivity index is 2.44. The SMILES string of the molecule is Cc1ccc(S(=O)(=O)c2ccc(CCl)cc2)cc1. The summed E-state index contributed by atoms with van der Waals surface area (Å²) in [5, 5.41) is 0. The maximum Gasteiger partial charge on any atom is 0.206 e. The van der Waals surface area contributed by atoms with Crippen LogP contribution < -0.4 is 0 Å². The maximum absolute atomic E-state index is 12.3. The number of sulfone groups is 1. The molecule has 0 bridgehead atoms. The minimum atomic E-state index is -3.42. The van der Waals surface area contributed by atoms with Crippen LogP contribution in [0.3, 0.4) is 0 Å². The second kappa shape index (κ2) is 5.12. The quantitative estimate of drug-likeness (QED) is 0.806. The van der Waals surface area contributed by atoms with Crippen molar-refractivity contribution >= 4 is 21.4 Å². The standard InChI is InChI=1S/C14H13ClO2S/c1-11-2-6-13(7-3-11)18(16,17)14-8-4-12(10-15)5-9-14/h2-9H,10H2,1H3. The van der Waals surface area contributed by atoms with E-state index in [1.165, 1.54) is 0 Å². The molecule has 0 saturated carbocycles. The molecule has 0 aliphatic rings. The number of hydrogen-bond acceptors (Lipinski definition) is 2. The van der Waals surface area contributed by atoms with Crippen LogP contribution in [0.15, 0.2) is 58.3 Å². The highest BCUT2D eigenvalue weighted by molar-refractivity contribution is 7.91. The van der Waals surface area contributed by atoms with E-state index in [1.54, 1.807) is 48.5 Å². The van der Waals surface area contributed by atoms with Gasteiger partial charge in [-0.2, -0.15) is 0 Å². The van der Waals surface area contributed by atoms with Crippen LogP contribution in [0.4, 0.5) is 0 Å². The summed E-state index contributed by atoms with van der Waals surface area (Å²) in [6.07, 6.45) is 0. The van der Waals surface area contributed by atoms with Gasteiger partial charge in [-0.3, -0.25) is 0 Å².